The smallest absolute Gasteiger partial charge is 0.108 e. The number of allylic oxidation sites excluding steroid dienone is 4. The summed E-state index contributed by atoms with van der Waals surface area (Å²) in [6, 6.07) is 10.0. The molecule has 1 nitrogen and oxygen atoms in total. The number of aliphatic hydroxyl groups excluding tert-OH is 1. The average Bonchev–Trinajstić information content (AvgIpc) is 2.45. The zero-order valence-corrected chi connectivity index (χ0v) is 12.3. The SMILES string of the molecule is C=C(O)/C=C\C(=C/C)c1ccccc1.CC.CC. The maximum atomic E-state index is 8.94. The Labute approximate surface area is 112 Å². The van der Waals surface area contributed by atoms with Crippen molar-refractivity contribution < 1.29 is 5.11 Å². The molecule has 0 aliphatic carbocycles. The molecule has 0 spiro atoms. The third-order valence-electron chi connectivity index (χ3n) is 1.87. The molecule has 100 valence electrons. The monoisotopic (exact) mass is 246 g/mol. The molecule has 0 amide bonds. The third kappa shape index (κ3) is 8.40. The third-order valence-corrected chi connectivity index (χ3v) is 1.87. The van der Waals surface area contributed by atoms with Gasteiger partial charge < -0.3 is 5.11 Å². The normalized spacial score (nSPS) is 9.94. The molecular formula is C17H26O. The number of hydrogen-bond donors (Lipinski definition) is 1. The van der Waals surface area contributed by atoms with E-state index in [0.717, 1.165) is 11.1 Å². The van der Waals surface area contributed by atoms with Crippen LogP contribution in [0.1, 0.15) is 40.2 Å². The topological polar surface area (TPSA) is 20.2 Å². The highest BCUT2D eigenvalue weighted by Gasteiger charge is 1.94. The van der Waals surface area contributed by atoms with Gasteiger partial charge in [0.15, 0.2) is 0 Å². The first-order chi connectivity index (χ1) is 8.74. The molecule has 0 aliphatic rings. The van der Waals surface area contributed by atoms with Gasteiger partial charge in [-0.2, -0.15) is 0 Å². The lowest BCUT2D eigenvalue weighted by Crippen LogP contribution is -1.79. The van der Waals surface area contributed by atoms with Gasteiger partial charge in [-0.25, -0.2) is 0 Å². The van der Waals surface area contributed by atoms with Gasteiger partial charge in [0.2, 0.25) is 0 Å². The van der Waals surface area contributed by atoms with Gasteiger partial charge in [0, 0.05) is 0 Å². The van der Waals surface area contributed by atoms with E-state index in [2.05, 4.69) is 6.58 Å². The standard InChI is InChI=1S/C13H14O.2C2H6/c1-3-12(10-9-11(2)14)13-7-5-4-6-8-13;2*1-2/h3-10,14H,2H2,1H3;2*1-2H3/b10-9-,12-3+;;. The molecule has 0 unspecified atom stereocenters. The number of rotatable bonds is 3. The fraction of sp³-hybridized carbons (Fsp3) is 0.294. The van der Waals surface area contributed by atoms with Gasteiger partial charge in [0.05, 0.1) is 0 Å². The molecule has 0 bridgehead atoms. The van der Waals surface area contributed by atoms with Crippen molar-refractivity contribution >= 4 is 5.57 Å². The maximum absolute atomic E-state index is 8.94. The van der Waals surface area contributed by atoms with Gasteiger partial charge >= 0.3 is 0 Å². The average molecular weight is 246 g/mol. The van der Waals surface area contributed by atoms with E-state index < -0.39 is 0 Å². The van der Waals surface area contributed by atoms with Crippen LogP contribution in [-0.2, 0) is 0 Å². The summed E-state index contributed by atoms with van der Waals surface area (Å²) in [5.41, 5.74) is 2.20. The summed E-state index contributed by atoms with van der Waals surface area (Å²) in [6.45, 7) is 13.4. The van der Waals surface area contributed by atoms with Gasteiger partial charge in [-0.15, -0.1) is 0 Å². The van der Waals surface area contributed by atoms with Crippen molar-refractivity contribution in [2.45, 2.75) is 34.6 Å². The van der Waals surface area contributed by atoms with Crippen LogP contribution in [0.3, 0.4) is 0 Å². The van der Waals surface area contributed by atoms with Crippen molar-refractivity contribution in [2.24, 2.45) is 0 Å². The molecule has 0 radical (unpaired) electrons. The Morgan fingerprint density at radius 2 is 1.50 bits per heavy atom. The Bertz CT molecular complexity index is 358. The van der Waals surface area contributed by atoms with Crippen LogP contribution >= 0.6 is 0 Å². The van der Waals surface area contributed by atoms with Gasteiger partial charge in [-0.05, 0) is 24.1 Å². The Hall–Kier alpha value is -1.76. The lowest BCUT2D eigenvalue weighted by Gasteiger charge is -2.00. The fourth-order valence-corrected chi connectivity index (χ4v) is 1.18. The highest BCUT2D eigenvalue weighted by molar-refractivity contribution is 5.73. The molecule has 1 aromatic carbocycles. The van der Waals surface area contributed by atoms with Crippen LogP contribution in [0.25, 0.3) is 5.57 Å². The second-order valence-electron chi connectivity index (χ2n) is 2.93. The summed E-state index contributed by atoms with van der Waals surface area (Å²) in [7, 11) is 0. The molecule has 0 aromatic heterocycles. The first-order valence-corrected chi connectivity index (χ1v) is 6.51. The minimum atomic E-state index is 0.0697. The van der Waals surface area contributed by atoms with Crippen LogP contribution in [0.5, 0.6) is 0 Å². The molecular weight excluding hydrogens is 220 g/mol. The first kappa shape index (κ1) is 18.6. The molecule has 18 heavy (non-hydrogen) atoms. The van der Waals surface area contributed by atoms with E-state index in [1.54, 1.807) is 6.08 Å². The fourth-order valence-electron chi connectivity index (χ4n) is 1.18. The van der Waals surface area contributed by atoms with E-state index in [9.17, 15) is 0 Å². The van der Waals surface area contributed by atoms with Gasteiger partial charge in [0.25, 0.3) is 0 Å². The lowest BCUT2D eigenvalue weighted by molar-refractivity contribution is 0.435. The second-order valence-corrected chi connectivity index (χ2v) is 2.93. The molecule has 0 aliphatic heterocycles. The van der Waals surface area contributed by atoms with E-state index in [-0.39, 0.29) is 5.76 Å². The summed E-state index contributed by atoms with van der Waals surface area (Å²) in [4.78, 5) is 0. The van der Waals surface area contributed by atoms with Crippen molar-refractivity contribution in [3.05, 3.63) is 66.5 Å². The molecule has 1 rings (SSSR count). The van der Waals surface area contributed by atoms with Gasteiger partial charge in [0.1, 0.15) is 5.76 Å². The number of aliphatic hydroxyl groups is 1. The summed E-state index contributed by atoms with van der Waals surface area (Å²) in [5, 5.41) is 8.94. The zero-order valence-electron chi connectivity index (χ0n) is 12.3. The Kier molecular flexibility index (Phi) is 13.7. The van der Waals surface area contributed by atoms with Crippen LogP contribution in [0.4, 0.5) is 0 Å². The Morgan fingerprint density at radius 3 is 1.89 bits per heavy atom. The summed E-state index contributed by atoms with van der Waals surface area (Å²) in [5.74, 6) is 0.0697. The van der Waals surface area contributed by atoms with Gasteiger partial charge in [-0.3, -0.25) is 0 Å². The highest BCUT2D eigenvalue weighted by Crippen LogP contribution is 2.15. The van der Waals surface area contributed by atoms with Crippen LogP contribution in [0, 0.1) is 0 Å². The van der Waals surface area contributed by atoms with Crippen molar-refractivity contribution in [1.82, 2.24) is 0 Å². The van der Waals surface area contributed by atoms with Crippen LogP contribution < -0.4 is 0 Å². The van der Waals surface area contributed by atoms with Crippen LogP contribution in [0.15, 0.2) is 60.9 Å². The predicted octanol–water partition coefficient (Wildman–Crippen LogP) is 5.77. The molecule has 1 heteroatoms. The van der Waals surface area contributed by atoms with E-state index in [0.29, 0.717) is 0 Å². The lowest BCUT2D eigenvalue weighted by atomic mass is 10.1. The van der Waals surface area contributed by atoms with Crippen molar-refractivity contribution in [2.75, 3.05) is 0 Å². The van der Waals surface area contributed by atoms with E-state index >= 15 is 0 Å². The minimum absolute atomic E-state index is 0.0697. The van der Waals surface area contributed by atoms with Crippen LogP contribution in [0.2, 0.25) is 0 Å². The Balaban J connectivity index is 0. The van der Waals surface area contributed by atoms with E-state index in [1.165, 1.54) is 0 Å². The molecule has 0 fully saturated rings. The summed E-state index contributed by atoms with van der Waals surface area (Å²) >= 11 is 0. The quantitative estimate of drug-likeness (QED) is 0.530. The van der Waals surface area contributed by atoms with Crippen molar-refractivity contribution in [3.8, 4) is 0 Å². The molecule has 0 heterocycles. The first-order valence-electron chi connectivity index (χ1n) is 6.51. The van der Waals surface area contributed by atoms with Crippen molar-refractivity contribution in [1.29, 1.82) is 0 Å². The molecule has 1 aromatic rings. The van der Waals surface area contributed by atoms with E-state index in [1.807, 2.05) is 77.1 Å². The predicted molar refractivity (Wildman–Crippen MR) is 83.7 cm³/mol. The van der Waals surface area contributed by atoms with Gasteiger partial charge in [-0.1, -0.05) is 76.8 Å². The molecule has 0 saturated heterocycles. The molecule has 1 N–H and O–H groups in total. The minimum Gasteiger partial charge on any atom is -0.509 e. The number of benzene rings is 1. The second kappa shape index (κ2) is 13.3. The number of hydrogen-bond acceptors (Lipinski definition) is 1. The van der Waals surface area contributed by atoms with Crippen molar-refractivity contribution in [3.63, 3.8) is 0 Å². The molecule has 0 atom stereocenters. The van der Waals surface area contributed by atoms with E-state index in [4.69, 9.17) is 5.11 Å². The Morgan fingerprint density at radius 1 is 1.00 bits per heavy atom. The molecule has 0 saturated carbocycles. The highest BCUT2D eigenvalue weighted by atomic mass is 16.3. The summed E-state index contributed by atoms with van der Waals surface area (Å²) < 4.78 is 0. The van der Waals surface area contributed by atoms with Crippen LogP contribution in [-0.4, -0.2) is 5.11 Å². The summed E-state index contributed by atoms with van der Waals surface area (Å²) in [6.07, 6.45) is 5.43. The largest absolute Gasteiger partial charge is 0.509 e. The zero-order chi connectivity index (χ0) is 14.4. The maximum Gasteiger partial charge on any atom is 0.108 e.